The zero-order valence-corrected chi connectivity index (χ0v) is 10.4. The molecule has 1 heterocycles. The molecule has 4 nitrogen and oxygen atoms in total. The first-order valence-electron chi connectivity index (χ1n) is 5.77. The van der Waals surface area contributed by atoms with Crippen LogP contribution in [0.3, 0.4) is 0 Å². The number of anilines is 1. The van der Waals surface area contributed by atoms with Gasteiger partial charge in [0.2, 0.25) is 0 Å². The van der Waals surface area contributed by atoms with E-state index in [2.05, 4.69) is 9.97 Å². The van der Waals surface area contributed by atoms with E-state index in [4.69, 9.17) is 22.1 Å². The predicted molar refractivity (Wildman–Crippen MR) is 70.5 cm³/mol. The van der Waals surface area contributed by atoms with Gasteiger partial charge in [0.15, 0.2) is 0 Å². The van der Waals surface area contributed by atoms with Gasteiger partial charge in [-0.05, 0) is 37.1 Å². The van der Waals surface area contributed by atoms with Gasteiger partial charge in [-0.15, -0.1) is 0 Å². The summed E-state index contributed by atoms with van der Waals surface area (Å²) in [6.07, 6.45) is 4.10. The van der Waals surface area contributed by atoms with Crippen LogP contribution in [0.4, 0.5) is 5.82 Å². The van der Waals surface area contributed by atoms with Crippen molar-refractivity contribution >= 4 is 17.4 Å². The van der Waals surface area contributed by atoms with E-state index < -0.39 is 0 Å². The lowest BCUT2D eigenvalue weighted by Gasteiger charge is -2.07. The quantitative estimate of drug-likeness (QED) is 0.923. The molecule has 1 fully saturated rings. The Bertz CT molecular complexity index is 567. The van der Waals surface area contributed by atoms with Crippen LogP contribution in [0.2, 0.25) is 5.02 Å². The van der Waals surface area contributed by atoms with Crippen molar-refractivity contribution in [3.05, 3.63) is 35.6 Å². The van der Waals surface area contributed by atoms with Gasteiger partial charge in [0, 0.05) is 5.56 Å². The Kier molecular flexibility index (Phi) is 2.80. The number of nitrogen functional groups attached to an aromatic ring is 1. The Morgan fingerprint density at radius 3 is 2.56 bits per heavy atom. The smallest absolute Gasteiger partial charge is 0.146 e. The highest BCUT2D eigenvalue weighted by atomic mass is 35.5. The van der Waals surface area contributed by atoms with Gasteiger partial charge in [0.25, 0.3) is 0 Å². The van der Waals surface area contributed by atoms with E-state index in [1.165, 1.54) is 6.33 Å². The van der Waals surface area contributed by atoms with Crippen LogP contribution in [-0.2, 0) is 0 Å². The third-order valence-corrected chi connectivity index (χ3v) is 3.14. The predicted octanol–water partition coefficient (Wildman–Crippen LogP) is 2.92. The van der Waals surface area contributed by atoms with Crippen molar-refractivity contribution in [1.82, 2.24) is 9.97 Å². The first-order chi connectivity index (χ1) is 8.74. The summed E-state index contributed by atoms with van der Waals surface area (Å²) >= 11 is 6.08. The molecule has 1 aliphatic carbocycles. The van der Waals surface area contributed by atoms with Crippen molar-refractivity contribution in [2.24, 2.45) is 0 Å². The molecule has 1 aromatic carbocycles. The molecular formula is C13H12ClN3O. The third kappa shape index (κ3) is 2.24. The summed E-state index contributed by atoms with van der Waals surface area (Å²) in [7, 11) is 0. The Labute approximate surface area is 110 Å². The van der Waals surface area contributed by atoms with E-state index in [9.17, 15) is 0 Å². The summed E-state index contributed by atoms with van der Waals surface area (Å²) in [5, 5.41) is 0.383. The van der Waals surface area contributed by atoms with E-state index in [0.29, 0.717) is 22.6 Å². The van der Waals surface area contributed by atoms with Crippen LogP contribution in [0.15, 0.2) is 30.6 Å². The van der Waals surface area contributed by atoms with E-state index in [0.717, 1.165) is 24.2 Å². The van der Waals surface area contributed by atoms with Crippen molar-refractivity contribution < 1.29 is 4.74 Å². The summed E-state index contributed by atoms with van der Waals surface area (Å²) in [4.78, 5) is 7.99. The van der Waals surface area contributed by atoms with Gasteiger partial charge in [-0.25, -0.2) is 9.97 Å². The van der Waals surface area contributed by atoms with Crippen LogP contribution in [0.1, 0.15) is 12.8 Å². The van der Waals surface area contributed by atoms with Gasteiger partial charge < -0.3 is 10.5 Å². The lowest BCUT2D eigenvalue weighted by Crippen LogP contribution is -1.97. The highest BCUT2D eigenvalue weighted by Gasteiger charge is 2.23. The number of hydrogen-bond acceptors (Lipinski definition) is 4. The van der Waals surface area contributed by atoms with E-state index in [-0.39, 0.29) is 0 Å². The number of hydrogen-bond donors (Lipinski definition) is 1. The molecular weight excluding hydrogens is 250 g/mol. The van der Waals surface area contributed by atoms with E-state index >= 15 is 0 Å². The fourth-order valence-electron chi connectivity index (χ4n) is 1.65. The Morgan fingerprint density at radius 1 is 1.17 bits per heavy atom. The summed E-state index contributed by atoms with van der Waals surface area (Å²) in [5.74, 6) is 1.17. The topological polar surface area (TPSA) is 61.0 Å². The molecule has 18 heavy (non-hydrogen) atoms. The molecule has 92 valence electrons. The van der Waals surface area contributed by atoms with Crippen molar-refractivity contribution in [2.75, 3.05) is 5.73 Å². The van der Waals surface area contributed by atoms with Gasteiger partial charge in [0.1, 0.15) is 22.9 Å². The molecule has 1 aliphatic rings. The second kappa shape index (κ2) is 4.46. The first kappa shape index (κ1) is 11.3. The summed E-state index contributed by atoms with van der Waals surface area (Å²) in [6.45, 7) is 0. The lowest BCUT2D eigenvalue weighted by atomic mass is 10.1. The minimum Gasteiger partial charge on any atom is -0.490 e. The summed E-state index contributed by atoms with van der Waals surface area (Å²) in [5.41, 5.74) is 7.20. The van der Waals surface area contributed by atoms with Crippen LogP contribution in [-0.4, -0.2) is 16.1 Å². The highest BCUT2D eigenvalue weighted by Crippen LogP contribution is 2.31. The molecule has 3 rings (SSSR count). The average Bonchev–Trinajstić information content (AvgIpc) is 3.18. The molecule has 1 saturated carbocycles. The molecule has 2 N–H and O–H groups in total. The molecule has 2 aromatic rings. The minimum atomic E-state index is 0.292. The molecule has 0 aliphatic heterocycles. The number of nitrogens with two attached hydrogens (primary N) is 1. The van der Waals surface area contributed by atoms with Gasteiger partial charge >= 0.3 is 0 Å². The molecule has 1 aromatic heterocycles. The number of benzene rings is 1. The van der Waals surface area contributed by atoms with Crippen molar-refractivity contribution in [1.29, 1.82) is 0 Å². The average molecular weight is 262 g/mol. The fourth-order valence-corrected chi connectivity index (χ4v) is 1.86. The maximum absolute atomic E-state index is 6.08. The molecule has 0 bridgehead atoms. The lowest BCUT2D eigenvalue weighted by molar-refractivity contribution is 0.303. The maximum atomic E-state index is 6.08. The van der Waals surface area contributed by atoms with Crippen LogP contribution in [0, 0.1) is 0 Å². The second-order valence-electron chi connectivity index (χ2n) is 4.26. The van der Waals surface area contributed by atoms with Crippen LogP contribution >= 0.6 is 11.6 Å². The molecule has 0 spiro atoms. The molecule has 0 unspecified atom stereocenters. The number of halogens is 1. The van der Waals surface area contributed by atoms with Crippen LogP contribution < -0.4 is 10.5 Å². The van der Waals surface area contributed by atoms with E-state index in [1.807, 2.05) is 24.3 Å². The Morgan fingerprint density at radius 2 is 1.89 bits per heavy atom. The third-order valence-electron chi connectivity index (χ3n) is 2.77. The van der Waals surface area contributed by atoms with Gasteiger partial charge in [-0.1, -0.05) is 11.6 Å². The molecule has 0 amide bonds. The van der Waals surface area contributed by atoms with Gasteiger partial charge in [0.05, 0.1) is 11.8 Å². The van der Waals surface area contributed by atoms with E-state index in [1.54, 1.807) is 0 Å². The van der Waals surface area contributed by atoms with Crippen molar-refractivity contribution in [3.8, 4) is 17.0 Å². The monoisotopic (exact) mass is 261 g/mol. The minimum absolute atomic E-state index is 0.292. The normalized spacial score (nSPS) is 14.5. The van der Waals surface area contributed by atoms with Gasteiger partial charge in [-0.3, -0.25) is 0 Å². The number of rotatable bonds is 3. The zero-order valence-electron chi connectivity index (χ0n) is 9.64. The summed E-state index contributed by atoms with van der Waals surface area (Å²) in [6, 6.07) is 7.68. The Hall–Kier alpha value is -1.81. The SMILES string of the molecule is Nc1ncnc(-c2ccc(OC3CC3)cc2)c1Cl. The standard InChI is InChI=1S/C13H12ClN3O/c14-11-12(16-7-17-13(11)15)8-1-3-9(4-2-8)18-10-5-6-10/h1-4,7,10H,5-6H2,(H2,15,16,17). The molecule has 5 heteroatoms. The van der Waals surface area contributed by atoms with Crippen molar-refractivity contribution in [3.63, 3.8) is 0 Å². The second-order valence-corrected chi connectivity index (χ2v) is 4.64. The largest absolute Gasteiger partial charge is 0.490 e. The Balaban J connectivity index is 1.89. The molecule has 0 saturated heterocycles. The van der Waals surface area contributed by atoms with Crippen LogP contribution in [0.25, 0.3) is 11.3 Å². The zero-order chi connectivity index (χ0) is 12.5. The molecule has 0 radical (unpaired) electrons. The first-order valence-corrected chi connectivity index (χ1v) is 6.15. The molecule has 0 atom stereocenters. The highest BCUT2D eigenvalue weighted by molar-refractivity contribution is 6.35. The maximum Gasteiger partial charge on any atom is 0.146 e. The summed E-state index contributed by atoms with van der Waals surface area (Å²) < 4.78 is 5.68. The number of ether oxygens (including phenoxy) is 1. The van der Waals surface area contributed by atoms with Crippen LogP contribution in [0.5, 0.6) is 5.75 Å². The van der Waals surface area contributed by atoms with Gasteiger partial charge in [-0.2, -0.15) is 0 Å². The number of nitrogens with zero attached hydrogens (tertiary/aromatic N) is 2. The fraction of sp³-hybridized carbons (Fsp3) is 0.231. The van der Waals surface area contributed by atoms with Crippen molar-refractivity contribution in [2.45, 2.75) is 18.9 Å². The number of aromatic nitrogens is 2.